The highest BCUT2D eigenvalue weighted by Gasteiger charge is 2.52. The van der Waals surface area contributed by atoms with E-state index in [1.54, 1.807) is 18.2 Å². The van der Waals surface area contributed by atoms with Gasteiger partial charge in [0.2, 0.25) is 0 Å². The maximum atomic E-state index is 13.4. The molecular formula is C29H28Br2O6. The van der Waals surface area contributed by atoms with Gasteiger partial charge in [-0.2, -0.15) is 0 Å². The molecule has 0 saturated carbocycles. The van der Waals surface area contributed by atoms with Crippen LogP contribution in [0.15, 0.2) is 39.3 Å². The number of hydrogen-bond donors (Lipinski definition) is 3. The molecule has 0 aromatic heterocycles. The number of ether oxygens (including phenoxy) is 1. The van der Waals surface area contributed by atoms with Crippen LogP contribution in [-0.2, 0) is 36.0 Å². The van der Waals surface area contributed by atoms with Crippen LogP contribution in [0.5, 0.6) is 11.5 Å². The molecule has 0 aliphatic carbocycles. The van der Waals surface area contributed by atoms with Crippen molar-refractivity contribution in [2.75, 3.05) is 0 Å². The summed E-state index contributed by atoms with van der Waals surface area (Å²) in [5, 5.41) is 31.7. The van der Waals surface area contributed by atoms with Gasteiger partial charge >= 0.3 is 11.9 Å². The topological polar surface area (TPSA) is 104 Å². The minimum atomic E-state index is -1.53. The number of phenols is 2. The van der Waals surface area contributed by atoms with Gasteiger partial charge in [-0.1, -0.05) is 65.6 Å². The van der Waals surface area contributed by atoms with Gasteiger partial charge in [-0.25, -0.2) is 9.59 Å². The molecule has 37 heavy (non-hydrogen) atoms. The number of carboxylic acid groups (broad SMARTS) is 1. The summed E-state index contributed by atoms with van der Waals surface area (Å²) in [6.07, 6.45) is 2.30. The number of benzene rings is 3. The van der Waals surface area contributed by atoms with E-state index >= 15 is 0 Å². The highest BCUT2D eigenvalue weighted by atomic mass is 79.9. The first-order valence-corrected chi connectivity index (χ1v) is 13.8. The number of halogens is 2. The number of phenolic OH excluding ortho intramolecular Hbond substituents is 2. The summed E-state index contributed by atoms with van der Waals surface area (Å²) in [5.74, 6) is -1.72. The predicted octanol–water partition coefficient (Wildman–Crippen LogP) is 7.03. The van der Waals surface area contributed by atoms with Crippen molar-refractivity contribution in [1.29, 1.82) is 0 Å². The smallest absolute Gasteiger partial charge is 0.340 e. The molecule has 194 valence electrons. The average molecular weight is 632 g/mol. The highest BCUT2D eigenvalue weighted by molar-refractivity contribution is 9.11. The molecule has 0 amide bonds. The molecule has 1 aliphatic heterocycles. The van der Waals surface area contributed by atoms with E-state index in [0.29, 0.717) is 42.4 Å². The third kappa shape index (κ3) is 4.05. The number of rotatable bonds is 7. The number of aromatic carboxylic acids is 1. The van der Waals surface area contributed by atoms with Crippen LogP contribution in [0.3, 0.4) is 0 Å². The zero-order chi connectivity index (χ0) is 27.2. The second kappa shape index (κ2) is 10.1. The van der Waals surface area contributed by atoms with Crippen LogP contribution in [-0.4, -0.2) is 27.3 Å². The lowest BCUT2D eigenvalue weighted by molar-refractivity contribution is 0.0245. The van der Waals surface area contributed by atoms with Crippen LogP contribution in [0, 0.1) is 0 Å². The van der Waals surface area contributed by atoms with Crippen molar-refractivity contribution in [2.45, 2.75) is 59.0 Å². The monoisotopic (exact) mass is 630 g/mol. The first-order valence-electron chi connectivity index (χ1n) is 12.3. The molecule has 0 spiro atoms. The number of carboxylic acids is 1. The molecule has 0 fully saturated rings. The van der Waals surface area contributed by atoms with E-state index in [2.05, 4.69) is 31.9 Å². The molecule has 4 rings (SSSR count). The maximum absolute atomic E-state index is 13.4. The number of carbonyl (C=O) groups excluding carboxylic acids is 1. The van der Waals surface area contributed by atoms with Crippen molar-refractivity contribution in [3.8, 4) is 11.5 Å². The summed E-state index contributed by atoms with van der Waals surface area (Å²) in [4.78, 5) is 25.1. The predicted molar refractivity (Wildman–Crippen MR) is 148 cm³/mol. The Morgan fingerprint density at radius 1 is 0.784 bits per heavy atom. The zero-order valence-corrected chi connectivity index (χ0v) is 24.2. The second-order valence-electron chi connectivity index (χ2n) is 8.98. The molecule has 3 aromatic rings. The van der Waals surface area contributed by atoms with Crippen molar-refractivity contribution in [2.24, 2.45) is 0 Å². The summed E-state index contributed by atoms with van der Waals surface area (Å²) in [6.45, 7) is 7.85. The van der Waals surface area contributed by atoms with Gasteiger partial charge in [0.25, 0.3) is 0 Å². The number of esters is 1. The van der Waals surface area contributed by atoms with E-state index in [1.165, 1.54) is 12.1 Å². The van der Waals surface area contributed by atoms with Gasteiger partial charge in [-0.05, 0) is 61.1 Å². The van der Waals surface area contributed by atoms with Gasteiger partial charge in [0.15, 0.2) is 5.60 Å². The lowest BCUT2D eigenvalue weighted by Gasteiger charge is -2.35. The van der Waals surface area contributed by atoms with Crippen molar-refractivity contribution >= 4 is 43.8 Å². The Hall–Kier alpha value is -2.84. The summed E-state index contributed by atoms with van der Waals surface area (Å²) in [5.41, 5.74) is 3.29. The molecule has 0 radical (unpaired) electrons. The molecular weight excluding hydrogens is 604 g/mol. The Labute approximate surface area is 232 Å². The summed E-state index contributed by atoms with van der Waals surface area (Å²) in [6, 6.07) is 7.63. The second-order valence-corrected chi connectivity index (χ2v) is 10.6. The molecule has 3 N–H and O–H groups in total. The molecule has 0 unspecified atom stereocenters. The van der Waals surface area contributed by atoms with E-state index in [9.17, 15) is 24.9 Å². The fraction of sp³-hybridized carbons (Fsp3) is 0.310. The van der Waals surface area contributed by atoms with Gasteiger partial charge in [0.05, 0.1) is 11.1 Å². The Kier molecular flexibility index (Phi) is 7.45. The van der Waals surface area contributed by atoms with E-state index in [0.717, 1.165) is 31.2 Å². The Morgan fingerprint density at radius 2 is 1.24 bits per heavy atom. The molecule has 0 atom stereocenters. The quantitative estimate of drug-likeness (QED) is 0.242. The largest absolute Gasteiger partial charge is 0.508 e. The van der Waals surface area contributed by atoms with E-state index < -0.39 is 17.5 Å². The third-order valence-corrected chi connectivity index (χ3v) is 9.09. The van der Waals surface area contributed by atoms with Gasteiger partial charge in [0.1, 0.15) is 11.5 Å². The zero-order valence-electron chi connectivity index (χ0n) is 21.0. The fourth-order valence-electron chi connectivity index (χ4n) is 5.39. The van der Waals surface area contributed by atoms with Crippen molar-refractivity contribution < 1.29 is 29.6 Å². The standard InChI is InChI=1S/C29H28Br2O6/c1-5-15-21(12-23(32)17(7-3)25(15)30)29(22-13-24(33)18(8-4)26(31)16(22)6-2)20-10-9-14(27(34)35)11-19(20)28(36)37-29/h9-13,32-33H,5-8H2,1-4H3,(H,34,35). The first kappa shape index (κ1) is 27.2. The lowest BCUT2D eigenvalue weighted by atomic mass is 9.74. The van der Waals surface area contributed by atoms with E-state index in [4.69, 9.17) is 4.74 Å². The Morgan fingerprint density at radius 3 is 1.65 bits per heavy atom. The average Bonchev–Trinajstić information content (AvgIpc) is 3.16. The fourth-order valence-corrected chi connectivity index (χ4v) is 7.34. The van der Waals surface area contributed by atoms with Crippen LogP contribution >= 0.6 is 31.9 Å². The molecule has 8 heteroatoms. The minimum absolute atomic E-state index is 0.0337. The number of carbonyl (C=O) groups is 2. The van der Waals surface area contributed by atoms with Crippen LogP contribution < -0.4 is 0 Å². The number of aromatic hydroxyl groups is 2. The van der Waals surface area contributed by atoms with Crippen LogP contribution in [0.2, 0.25) is 0 Å². The molecule has 3 aromatic carbocycles. The lowest BCUT2D eigenvalue weighted by Crippen LogP contribution is -2.33. The normalized spacial score (nSPS) is 13.9. The van der Waals surface area contributed by atoms with Gasteiger partial charge < -0.3 is 20.1 Å². The van der Waals surface area contributed by atoms with Gasteiger partial charge in [0, 0.05) is 36.8 Å². The summed E-state index contributed by atoms with van der Waals surface area (Å²) in [7, 11) is 0. The minimum Gasteiger partial charge on any atom is -0.508 e. The number of hydrogen-bond acceptors (Lipinski definition) is 5. The Balaban J connectivity index is 2.24. The van der Waals surface area contributed by atoms with Crippen LogP contribution in [0.1, 0.15) is 87.4 Å². The summed E-state index contributed by atoms with van der Waals surface area (Å²) >= 11 is 7.37. The highest BCUT2D eigenvalue weighted by Crippen LogP contribution is 2.53. The Bertz CT molecular complexity index is 1380. The first-order chi connectivity index (χ1) is 17.6. The molecule has 6 nitrogen and oxygen atoms in total. The van der Waals surface area contributed by atoms with Gasteiger partial charge in [-0.3, -0.25) is 0 Å². The number of fused-ring (bicyclic) bond motifs is 1. The van der Waals surface area contributed by atoms with E-state index in [-0.39, 0.29) is 22.6 Å². The third-order valence-electron chi connectivity index (χ3n) is 7.17. The van der Waals surface area contributed by atoms with Crippen LogP contribution in [0.4, 0.5) is 0 Å². The molecule has 0 bridgehead atoms. The van der Waals surface area contributed by atoms with Crippen molar-refractivity contribution in [3.63, 3.8) is 0 Å². The summed E-state index contributed by atoms with van der Waals surface area (Å²) < 4.78 is 7.74. The van der Waals surface area contributed by atoms with Crippen molar-refractivity contribution in [1.82, 2.24) is 0 Å². The van der Waals surface area contributed by atoms with Gasteiger partial charge in [-0.15, -0.1) is 0 Å². The molecule has 1 aliphatic rings. The molecule has 1 heterocycles. The van der Waals surface area contributed by atoms with Crippen LogP contribution in [0.25, 0.3) is 0 Å². The van der Waals surface area contributed by atoms with E-state index in [1.807, 2.05) is 27.7 Å². The van der Waals surface area contributed by atoms with Crippen molar-refractivity contribution in [3.05, 3.63) is 89.3 Å². The SMILES string of the molecule is CCc1c(O)cc(C2(c3cc(O)c(CC)c(Br)c3CC)OC(=O)c3cc(C(=O)O)ccc32)c(CC)c1Br. The maximum Gasteiger partial charge on any atom is 0.340 e. The number of cyclic esters (lactones) is 1. The molecule has 0 saturated heterocycles.